The zero-order valence-corrected chi connectivity index (χ0v) is 8.52. The summed E-state index contributed by atoms with van der Waals surface area (Å²) in [5.41, 5.74) is 0.901. The van der Waals surface area contributed by atoms with Crippen LogP contribution in [0.15, 0.2) is 0 Å². The molecule has 2 aromatic rings. The molecule has 0 saturated carbocycles. The molecule has 0 amide bonds. The first-order valence-electron chi connectivity index (χ1n) is 3.12. The van der Waals surface area contributed by atoms with Crippen molar-refractivity contribution in [3.05, 3.63) is 9.65 Å². The normalized spacial score (nSPS) is 10.4. The van der Waals surface area contributed by atoms with Crippen LogP contribution in [0.1, 0.15) is 5.69 Å². The Morgan fingerprint density at radius 1 is 1.50 bits per heavy atom. The topological polar surface area (TPSA) is 54.5 Å². The van der Waals surface area contributed by atoms with Gasteiger partial charge in [0, 0.05) is 0 Å². The van der Waals surface area contributed by atoms with Crippen molar-refractivity contribution in [2.24, 2.45) is 0 Å². The van der Waals surface area contributed by atoms with Gasteiger partial charge in [0.05, 0.1) is 5.69 Å². The van der Waals surface area contributed by atoms with Crippen LogP contribution in [-0.2, 0) is 0 Å². The zero-order valence-electron chi connectivity index (χ0n) is 6.07. The molecule has 7 heteroatoms. The molecule has 4 nitrogen and oxygen atoms in total. The predicted octanol–water partition coefficient (Wildman–Crippen LogP) is 2.03. The highest BCUT2D eigenvalue weighted by atomic mass is 32.1. The van der Waals surface area contributed by atoms with Gasteiger partial charge in [0.15, 0.2) is 8.96 Å². The molecule has 0 spiro atoms. The number of aromatic nitrogens is 4. The van der Waals surface area contributed by atoms with Crippen LogP contribution in [0.2, 0.25) is 0 Å². The Morgan fingerprint density at radius 3 is 2.83 bits per heavy atom. The van der Waals surface area contributed by atoms with Crippen LogP contribution in [0.25, 0.3) is 9.88 Å². The van der Waals surface area contributed by atoms with E-state index in [2.05, 4.69) is 19.8 Å². The van der Waals surface area contributed by atoms with E-state index in [9.17, 15) is 0 Å². The fourth-order valence-corrected chi connectivity index (χ4v) is 2.41. The zero-order chi connectivity index (χ0) is 8.55. The number of rotatable bonds is 1. The third kappa shape index (κ3) is 1.30. The van der Waals surface area contributed by atoms with E-state index in [4.69, 9.17) is 12.2 Å². The number of aryl methyl sites for hydroxylation is 1. The first kappa shape index (κ1) is 7.96. The lowest BCUT2D eigenvalue weighted by atomic mass is 10.4. The highest BCUT2D eigenvalue weighted by Gasteiger charge is 2.08. The molecule has 0 bridgehead atoms. The fourth-order valence-electron chi connectivity index (χ4n) is 0.755. The molecule has 2 aromatic heterocycles. The van der Waals surface area contributed by atoms with Crippen molar-refractivity contribution < 1.29 is 0 Å². The van der Waals surface area contributed by atoms with Crippen LogP contribution in [0.4, 0.5) is 0 Å². The minimum absolute atomic E-state index is 0.679. The Balaban J connectivity index is 2.57. The first-order valence-corrected chi connectivity index (χ1v) is 5.12. The van der Waals surface area contributed by atoms with Crippen LogP contribution in [0.3, 0.4) is 0 Å². The van der Waals surface area contributed by atoms with Crippen LogP contribution >= 0.6 is 35.1 Å². The Morgan fingerprint density at radius 2 is 2.33 bits per heavy atom. The van der Waals surface area contributed by atoms with Crippen molar-refractivity contribution in [1.82, 2.24) is 19.8 Å². The maximum atomic E-state index is 4.91. The standard InChI is InChI=1S/C5H4N4S3/c1-2-3(12-9-6-2)4-7-8-5(10)11-4/h1H3,(H,8,10). The molecule has 2 rings (SSSR count). The highest BCUT2D eigenvalue weighted by molar-refractivity contribution is 7.73. The average Bonchev–Trinajstić information content (AvgIpc) is 2.58. The largest absolute Gasteiger partial charge is 0.258 e. The summed E-state index contributed by atoms with van der Waals surface area (Å²) in [5.74, 6) is 0. The molecule has 1 N–H and O–H groups in total. The monoisotopic (exact) mass is 216 g/mol. The Labute approximate surface area is 81.4 Å². The lowest BCUT2D eigenvalue weighted by Gasteiger charge is -1.85. The second-order valence-electron chi connectivity index (χ2n) is 2.11. The summed E-state index contributed by atoms with van der Waals surface area (Å²) in [6.45, 7) is 1.91. The maximum absolute atomic E-state index is 4.91. The number of hydrogen-bond acceptors (Lipinski definition) is 6. The molecule has 0 aromatic carbocycles. The molecule has 0 atom stereocenters. The Kier molecular flexibility index (Phi) is 1.99. The molecule has 2 heterocycles. The summed E-state index contributed by atoms with van der Waals surface area (Å²) in [6.07, 6.45) is 0. The molecule has 0 fully saturated rings. The second kappa shape index (κ2) is 3.00. The van der Waals surface area contributed by atoms with Gasteiger partial charge < -0.3 is 0 Å². The van der Waals surface area contributed by atoms with Crippen molar-refractivity contribution in [2.75, 3.05) is 0 Å². The van der Waals surface area contributed by atoms with E-state index in [-0.39, 0.29) is 0 Å². The molecule has 0 saturated heterocycles. The third-order valence-corrected chi connectivity index (χ3v) is 3.35. The lowest BCUT2D eigenvalue weighted by Crippen LogP contribution is -1.76. The number of nitrogens with zero attached hydrogens (tertiary/aromatic N) is 3. The van der Waals surface area contributed by atoms with E-state index in [1.54, 1.807) is 0 Å². The van der Waals surface area contributed by atoms with Crippen molar-refractivity contribution >= 4 is 35.1 Å². The van der Waals surface area contributed by atoms with Gasteiger partial charge in [0.2, 0.25) is 0 Å². The highest BCUT2D eigenvalue weighted by Crippen LogP contribution is 2.26. The van der Waals surface area contributed by atoms with E-state index in [0.717, 1.165) is 15.6 Å². The van der Waals surface area contributed by atoms with E-state index >= 15 is 0 Å². The number of hydrogen-bond donors (Lipinski definition) is 1. The van der Waals surface area contributed by atoms with Crippen molar-refractivity contribution in [3.63, 3.8) is 0 Å². The lowest BCUT2D eigenvalue weighted by molar-refractivity contribution is 1.07. The van der Waals surface area contributed by atoms with Crippen LogP contribution in [0.5, 0.6) is 0 Å². The average molecular weight is 216 g/mol. The minimum atomic E-state index is 0.679. The summed E-state index contributed by atoms with van der Waals surface area (Å²) in [7, 11) is 0. The van der Waals surface area contributed by atoms with Crippen LogP contribution < -0.4 is 0 Å². The molecule has 0 aliphatic heterocycles. The van der Waals surface area contributed by atoms with Gasteiger partial charge in [-0.3, -0.25) is 5.10 Å². The minimum Gasteiger partial charge on any atom is -0.258 e. The SMILES string of the molecule is Cc1nnsc1-c1n[nH]c(=S)s1. The predicted molar refractivity (Wildman–Crippen MR) is 50.9 cm³/mol. The second-order valence-corrected chi connectivity index (χ2v) is 4.53. The molecule has 62 valence electrons. The summed E-state index contributed by atoms with van der Waals surface area (Å²) in [4.78, 5) is 0.993. The first-order chi connectivity index (χ1) is 5.77. The summed E-state index contributed by atoms with van der Waals surface area (Å²) < 4.78 is 4.50. The van der Waals surface area contributed by atoms with Gasteiger partial charge in [0.25, 0.3) is 0 Å². The van der Waals surface area contributed by atoms with Gasteiger partial charge >= 0.3 is 0 Å². The van der Waals surface area contributed by atoms with Crippen molar-refractivity contribution in [3.8, 4) is 9.88 Å². The molecular weight excluding hydrogens is 212 g/mol. The van der Waals surface area contributed by atoms with E-state index in [1.165, 1.54) is 22.9 Å². The summed E-state index contributed by atoms with van der Waals surface area (Å²) in [5, 5.41) is 11.5. The third-order valence-electron chi connectivity index (χ3n) is 1.28. The van der Waals surface area contributed by atoms with Gasteiger partial charge in [-0.2, -0.15) is 5.10 Å². The van der Waals surface area contributed by atoms with Crippen molar-refractivity contribution in [1.29, 1.82) is 0 Å². The van der Waals surface area contributed by atoms with Gasteiger partial charge in [-0.1, -0.05) is 15.8 Å². The number of H-pyrrole nitrogens is 1. The number of nitrogens with one attached hydrogen (secondary N) is 1. The molecular formula is C5H4N4S3. The molecule has 0 aliphatic carbocycles. The molecule has 0 radical (unpaired) electrons. The summed E-state index contributed by atoms with van der Waals surface area (Å²) >= 11 is 7.69. The fraction of sp³-hybridized carbons (Fsp3) is 0.200. The maximum Gasteiger partial charge on any atom is 0.176 e. The molecule has 0 aliphatic rings. The van der Waals surface area contributed by atoms with E-state index in [1.807, 2.05) is 6.92 Å². The van der Waals surface area contributed by atoms with Gasteiger partial charge in [-0.25, -0.2) is 0 Å². The van der Waals surface area contributed by atoms with Gasteiger partial charge in [-0.05, 0) is 30.7 Å². The van der Waals surface area contributed by atoms with Gasteiger partial charge in [0.1, 0.15) is 4.88 Å². The van der Waals surface area contributed by atoms with Crippen LogP contribution in [0, 0.1) is 10.9 Å². The Bertz CT molecular complexity index is 439. The quantitative estimate of drug-likeness (QED) is 0.741. The molecule has 12 heavy (non-hydrogen) atoms. The van der Waals surface area contributed by atoms with Gasteiger partial charge in [-0.15, -0.1) is 5.10 Å². The van der Waals surface area contributed by atoms with E-state index < -0.39 is 0 Å². The smallest absolute Gasteiger partial charge is 0.176 e. The van der Waals surface area contributed by atoms with Crippen LogP contribution in [-0.4, -0.2) is 19.8 Å². The van der Waals surface area contributed by atoms with E-state index in [0.29, 0.717) is 3.95 Å². The van der Waals surface area contributed by atoms with Crippen molar-refractivity contribution in [2.45, 2.75) is 6.92 Å². The molecule has 0 unspecified atom stereocenters. The Hall–Kier alpha value is -0.660. The summed E-state index contributed by atoms with van der Waals surface area (Å²) in [6, 6.07) is 0. The number of aromatic amines is 1.